The van der Waals surface area contributed by atoms with Crippen LogP contribution in [-0.2, 0) is 27.6 Å². The van der Waals surface area contributed by atoms with Gasteiger partial charge < -0.3 is 10.4 Å². The zero-order valence-corrected chi connectivity index (χ0v) is 15.0. The summed E-state index contributed by atoms with van der Waals surface area (Å²) in [6.07, 6.45) is -3.23. The van der Waals surface area contributed by atoms with Crippen LogP contribution in [0.1, 0.15) is 36.0 Å². The monoisotopic (exact) mass is 391 g/mol. The molecule has 0 aromatic heterocycles. The second kappa shape index (κ2) is 7.66. The maximum absolute atomic E-state index is 12.8. The topological polar surface area (TPSA) is 66.4 Å². The van der Waals surface area contributed by atoms with Gasteiger partial charge in [-0.2, -0.15) is 13.2 Å². The molecule has 0 spiro atoms. The van der Waals surface area contributed by atoms with Crippen LogP contribution >= 0.6 is 0 Å². The van der Waals surface area contributed by atoms with Crippen molar-refractivity contribution in [2.24, 2.45) is 0 Å². The summed E-state index contributed by atoms with van der Waals surface area (Å²) < 4.78 is 38.1. The summed E-state index contributed by atoms with van der Waals surface area (Å²) in [5.74, 6) is -1.32. The number of alkyl halides is 3. The van der Waals surface area contributed by atoms with E-state index < -0.39 is 29.2 Å². The van der Waals surface area contributed by atoms with Crippen LogP contribution in [0.25, 0.3) is 0 Å². The van der Waals surface area contributed by atoms with E-state index in [1.165, 1.54) is 12.1 Å². The number of amides is 1. The minimum Gasteiger partial charge on any atom is -0.481 e. The Labute approximate surface area is 160 Å². The Hall–Kier alpha value is -2.83. The first-order chi connectivity index (χ1) is 13.2. The largest absolute Gasteiger partial charge is 0.481 e. The summed E-state index contributed by atoms with van der Waals surface area (Å²) in [5, 5.41) is 12.0. The highest BCUT2D eigenvalue weighted by Crippen LogP contribution is 2.48. The molecule has 0 radical (unpaired) electrons. The molecule has 148 valence electrons. The van der Waals surface area contributed by atoms with Crippen molar-refractivity contribution in [1.29, 1.82) is 0 Å². The van der Waals surface area contributed by atoms with Crippen LogP contribution in [0.4, 0.5) is 13.2 Å². The van der Waals surface area contributed by atoms with E-state index in [1.807, 2.05) is 30.3 Å². The lowest BCUT2D eigenvalue weighted by molar-refractivity contribution is -0.138. The van der Waals surface area contributed by atoms with Crippen molar-refractivity contribution in [3.63, 3.8) is 0 Å². The van der Waals surface area contributed by atoms with Gasteiger partial charge in [-0.15, -0.1) is 0 Å². The lowest BCUT2D eigenvalue weighted by Gasteiger charge is -2.22. The van der Waals surface area contributed by atoms with Gasteiger partial charge in [0.25, 0.3) is 0 Å². The Morgan fingerprint density at radius 3 is 2.14 bits per heavy atom. The number of carbonyl (C=O) groups excluding carboxylic acids is 1. The lowest BCUT2D eigenvalue weighted by Crippen LogP contribution is -2.43. The Balaban J connectivity index is 1.72. The zero-order valence-electron chi connectivity index (χ0n) is 15.0. The molecule has 1 atom stereocenters. The summed E-state index contributed by atoms with van der Waals surface area (Å²) in [7, 11) is 0. The Bertz CT molecular complexity index is 843. The van der Waals surface area contributed by atoms with Gasteiger partial charge in [-0.3, -0.25) is 9.59 Å². The smallest absolute Gasteiger partial charge is 0.416 e. The van der Waals surface area contributed by atoms with Gasteiger partial charge in [0.2, 0.25) is 5.91 Å². The first-order valence-electron chi connectivity index (χ1n) is 8.95. The van der Waals surface area contributed by atoms with Crippen LogP contribution < -0.4 is 5.32 Å². The van der Waals surface area contributed by atoms with Crippen LogP contribution in [0, 0.1) is 0 Å². The molecule has 1 fully saturated rings. The highest BCUT2D eigenvalue weighted by Gasteiger charge is 2.51. The molecule has 3 rings (SSSR count). The molecule has 28 heavy (non-hydrogen) atoms. The first kappa shape index (κ1) is 19.9. The molecular weight excluding hydrogens is 371 g/mol. The van der Waals surface area contributed by atoms with Gasteiger partial charge in [-0.1, -0.05) is 42.5 Å². The molecule has 1 saturated carbocycles. The molecule has 4 nitrogen and oxygen atoms in total. The molecule has 1 amide bonds. The molecule has 2 N–H and O–H groups in total. The molecule has 2 aromatic rings. The van der Waals surface area contributed by atoms with Crippen molar-refractivity contribution in [3.05, 3.63) is 71.3 Å². The molecule has 0 saturated heterocycles. The van der Waals surface area contributed by atoms with Crippen LogP contribution in [0.5, 0.6) is 0 Å². The summed E-state index contributed by atoms with van der Waals surface area (Å²) >= 11 is 0. The van der Waals surface area contributed by atoms with Crippen LogP contribution in [-0.4, -0.2) is 23.0 Å². The zero-order chi connectivity index (χ0) is 20.4. The van der Waals surface area contributed by atoms with E-state index in [2.05, 4.69) is 5.32 Å². The van der Waals surface area contributed by atoms with Crippen molar-refractivity contribution < 1.29 is 27.9 Å². The maximum atomic E-state index is 12.8. The van der Waals surface area contributed by atoms with Gasteiger partial charge >= 0.3 is 12.1 Å². The Morgan fingerprint density at radius 2 is 1.64 bits per heavy atom. The van der Waals surface area contributed by atoms with Crippen molar-refractivity contribution >= 4 is 11.9 Å². The summed E-state index contributed by atoms with van der Waals surface area (Å²) in [6, 6.07) is 13.1. The second-order valence-electron chi connectivity index (χ2n) is 7.12. The van der Waals surface area contributed by atoms with Gasteiger partial charge in [0.15, 0.2) is 0 Å². The summed E-state index contributed by atoms with van der Waals surface area (Å²) in [6.45, 7) is 0. The molecule has 0 unspecified atom stereocenters. The van der Waals surface area contributed by atoms with E-state index in [9.17, 15) is 22.8 Å². The van der Waals surface area contributed by atoms with E-state index in [4.69, 9.17) is 5.11 Å². The number of carboxylic acids is 1. The summed E-state index contributed by atoms with van der Waals surface area (Å²) in [4.78, 5) is 24.0. The SMILES string of the molecule is O=C(O)C[C@H](Cc1ccc(C(F)(F)F)cc1)NC(=O)C1(c2ccccc2)CC1. The number of hydrogen-bond acceptors (Lipinski definition) is 2. The predicted octanol–water partition coefficient (Wildman–Crippen LogP) is 3.94. The lowest BCUT2D eigenvalue weighted by atomic mass is 9.93. The normalized spacial score (nSPS) is 16.2. The molecular formula is C21H20F3NO3. The van der Waals surface area contributed by atoms with Gasteiger partial charge in [0.1, 0.15) is 0 Å². The average molecular weight is 391 g/mol. The van der Waals surface area contributed by atoms with E-state index in [-0.39, 0.29) is 18.7 Å². The average Bonchev–Trinajstić information content (AvgIpc) is 3.43. The van der Waals surface area contributed by atoms with Crippen molar-refractivity contribution in [3.8, 4) is 0 Å². The fraction of sp³-hybridized carbons (Fsp3) is 0.333. The van der Waals surface area contributed by atoms with Gasteiger partial charge in [0, 0.05) is 6.04 Å². The van der Waals surface area contributed by atoms with Crippen LogP contribution in [0.2, 0.25) is 0 Å². The third kappa shape index (κ3) is 4.52. The highest BCUT2D eigenvalue weighted by atomic mass is 19.4. The molecule has 0 heterocycles. The fourth-order valence-corrected chi connectivity index (χ4v) is 3.35. The number of halogens is 3. The van der Waals surface area contributed by atoms with Crippen molar-refractivity contribution in [1.82, 2.24) is 5.32 Å². The number of nitrogens with one attached hydrogen (secondary N) is 1. The number of rotatable bonds is 7. The first-order valence-corrected chi connectivity index (χ1v) is 8.95. The molecule has 0 aliphatic heterocycles. The molecule has 2 aromatic carbocycles. The standard InChI is InChI=1S/C21H20F3NO3/c22-21(23,24)16-8-6-14(7-9-16)12-17(13-18(26)27)25-19(28)20(10-11-20)15-4-2-1-3-5-15/h1-9,17H,10-13H2,(H,25,28)(H,26,27)/t17-/m0/s1. The Kier molecular flexibility index (Phi) is 5.45. The minimum absolute atomic E-state index is 0.140. The number of aliphatic carboxylic acids is 1. The number of benzene rings is 2. The van der Waals surface area contributed by atoms with Crippen molar-refractivity contribution in [2.75, 3.05) is 0 Å². The number of carboxylic acid groups (broad SMARTS) is 1. The number of carbonyl (C=O) groups is 2. The van der Waals surface area contributed by atoms with E-state index >= 15 is 0 Å². The predicted molar refractivity (Wildman–Crippen MR) is 96.7 cm³/mol. The maximum Gasteiger partial charge on any atom is 0.416 e. The molecule has 1 aliphatic carbocycles. The van der Waals surface area contributed by atoms with Gasteiger partial charge in [-0.25, -0.2) is 0 Å². The third-order valence-electron chi connectivity index (χ3n) is 5.03. The quantitative estimate of drug-likeness (QED) is 0.751. The fourth-order valence-electron chi connectivity index (χ4n) is 3.35. The van der Waals surface area contributed by atoms with Crippen LogP contribution in [0.15, 0.2) is 54.6 Å². The third-order valence-corrected chi connectivity index (χ3v) is 5.03. The van der Waals surface area contributed by atoms with Gasteiger partial charge in [0.05, 0.1) is 17.4 Å². The molecule has 0 bridgehead atoms. The second-order valence-corrected chi connectivity index (χ2v) is 7.12. The van der Waals surface area contributed by atoms with E-state index in [1.54, 1.807) is 0 Å². The number of hydrogen-bond donors (Lipinski definition) is 2. The Morgan fingerprint density at radius 1 is 1.04 bits per heavy atom. The molecule has 7 heteroatoms. The van der Waals surface area contributed by atoms with Crippen molar-refractivity contribution in [2.45, 2.75) is 43.3 Å². The van der Waals surface area contributed by atoms with Crippen LogP contribution in [0.3, 0.4) is 0 Å². The highest BCUT2D eigenvalue weighted by molar-refractivity contribution is 5.91. The summed E-state index contributed by atoms with van der Waals surface area (Å²) in [5.41, 5.74) is 0.00863. The van der Waals surface area contributed by atoms with Gasteiger partial charge in [-0.05, 0) is 42.5 Å². The minimum atomic E-state index is -4.43. The molecule has 1 aliphatic rings. The van der Waals surface area contributed by atoms with E-state index in [0.717, 1.165) is 17.7 Å². The van der Waals surface area contributed by atoms with E-state index in [0.29, 0.717) is 18.4 Å².